The molecule has 1 aromatic heterocycles. The normalized spacial score (nSPS) is 10.4. The maximum Gasteiger partial charge on any atom is 0.337 e. The first-order valence-electron chi connectivity index (χ1n) is 5.33. The number of rotatable bonds is 4. The van der Waals surface area contributed by atoms with Gasteiger partial charge in [0.2, 0.25) is 0 Å². The Bertz CT molecular complexity index is 582. The fourth-order valence-electron chi connectivity index (χ4n) is 1.41. The average molecular weight is 281 g/mol. The second-order valence-corrected chi connectivity index (χ2v) is 4.67. The van der Waals surface area contributed by atoms with Gasteiger partial charge in [-0.05, 0) is 24.3 Å². The van der Waals surface area contributed by atoms with E-state index in [0.717, 1.165) is 11.8 Å². The number of nitrogens with zero attached hydrogens (tertiary/aromatic N) is 1. The molecule has 0 fully saturated rings. The summed E-state index contributed by atoms with van der Waals surface area (Å²) in [6.07, 6.45) is 1.21. The third-order valence-electron chi connectivity index (χ3n) is 2.41. The average Bonchev–Trinajstić information content (AvgIpc) is 2.38. The van der Waals surface area contributed by atoms with E-state index in [2.05, 4.69) is 4.98 Å². The number of aromatic nitrogens is 1. The molecule has 2 aromatic rings. The van der Waals surface area contributed by atoms with E-state index in [9.17, 15) is 13.6 Å². The van der Waals surface area contributed by atoms with Gasteiger partial charge in [-0.15, -0.1) is 11.8 Å². The van der Waals surface area contributed by atoms with Crippen LogP contribution >= 0.6 is 11.8 Å². The van der Waals surface area contributed by atoms with E-state index in [0.29, 0.717) is 5.03 Å². The van der Waals surface area contributed by atoms with Crippen molar-refractivity contribution in [2.45, 2.75) is 10.8 Å². The lowest BCUT2D eigenvalue weighted by Gasteiger charge is -2.04. The van der Waals surface area contributed by atoms with Crippen molar-refractivity contribution in [3.63, 3.8) is 0 Å². The number of hydrogen-bond donors (Lipinski definition) is 1. The number of benzene rings is 1. The Hall–Kier alpha value is -1.95. The summed E-state index contributed by atoms with van der Waals surface area (Å²) < 4.78 is 26.7. The molecule has 19 heavy (non-hydrogen) atoms. The van der Waals surface area contributed by atoms with E-state index in [1.54, 1.807) is 0 Å². The van der Waals surface area contributed by atoms with Crippen LogP contribution in [0.4, 0.5) is 8.78 Å². The van der Waals surface area contributed by atoms with E-state index in [-0.39, 0.29) is 16.9 Å². The predicted molar refractivity (Wildman–Crippen MR) is 67.1 cm³/mol. The molecule has 1 N–H and O–H groups in total. The third kappa shape index (κ3) is 3.29. The molecule has 0 aliphatic rings. The van der Waals surface area contributed by atoms with Crippen LogP contribution in [0.3, 0.4) is 0 Å². The molecular weight excluding hydrogens is 272 g/mol. The van der Waals surface area contributed by atoms with Crippen LogP contribution in [-0.4, -0.2) is 16.1 Å². The van der Waals surface area contributed by atoms with Crippen LogP contribution in [0.1, 0.15) is 15.9 Å². The van der Waals surface area contributed by atoms with E-state index >= 15 is 0 Å². The number of carbonyl (C=O) groups is 1. The fourth-order valence-corrected chi connectivity index (χ4v) is 2.27. The topological polar surface area (TPSA) is 50.2 Å². The van der Waals surface area contributed by atoms with Gasteiger partial charge >= 0.3 is 5.97 Å². The monoisotopic (exact) mass is 281 g/mol. The van der Waals surface area contributed by atoms with Gasteiger partial charge < -0.3 is 5.11 Å². The van der Waals surface area contributed by atoms with E-state index < -0.39 is 17.6 Å². The Morgan fingerprint density at radius 2 is 1.89 bits per heavy atom. The van der Waals surface area contributed by atoms with Gasteiger partial charge in [-0.1, -0.05) is 6.07 Å². The van der Waals surface area contributed by atoms with Crippen LogP contribution < -0.4 is 0 Å². The van der Waals surface area contributed by atoms with Crippen LogP contribution in [-0.2, 0) is 5.75 Å². The van der Waals surface area contributed by atoms with Gasteiger partial charge in [-0.25, -0.2) is 18.6 Å². The number of aromatic carboxylic acids is 1. The molecule has 2 rings (SSSR count). The summed E-state index contributed by atoms with van der Waals surface area (Å²) in [4.78, 5) is 14.5. The van der Waals surface area contributed by atoms with Crippen LogP contribution in [0, 0.1) is 11.6 Å². The van der Waals surface area contributed by atoms with Gasteiger partial charge in [0.15, 0.2) is 0 Å². The minimum Gasteiger partial charge on any atom is -0.478 e. The zero-order valence-electron chi connectivity index (χ0n) is 9.64. The molecule has 0 saturated carbocycles. The standard InChI is InChI=1S/C13H9F2NO2S/c14-10-2-1-3-11(15)9(10)7-19-12-5-4-8(6-16-12)13(17)18/h1-6H,7H2,(H,17,18). The van der Waals surface area contributed by atoms with Crippen molar-refractivity contribution in [3.8, 4) is 0 Å². The lowest BCUT2D eigenvalue weighted by atomic mass is 10.2. The van der Waals surface area contributed by atoms with Gasteiger partial charge in [0.1, 0.15) is 11.6 Å². The highest BCUT2D eigenvalue weighted by Crippen LogP contribution is 2.24. The first kappa shape index (κ1) is 13.5. The minimum atomic E-state index is -1.07. The summed E-state index contributed by atoms with van der Waals surface area (Å²) in [6.45, 7) is 0. The summed E-state index contributed by atoms with van der Waals surface area (Å²) >= 11 is 1.14. The van der Waals surface area contributed by atoms with Crippen LogP contribution in [0.2, 0.25) is 0 Å². The van der Waals surface area contributed by atoms with Gasteiger partial charge in [0.05, 0.1) is 10.6 Å². The minimum absolute atomic E-state index is 0.0170. The Kier molecular flexibility index (Phi) is 4.11. The van der Waals surface area contributed by atoms with Crippen molar-refractivity contribution in [3.05, 3.63) is 59.3 Å². The first-order valence-corrected chi connectivity index (χ1v) is 6.31. The van der Waals surface area contributed by atoms with Crippen molar-refractivity contribution in [1.82, 2.24) is 4.98 Å². The molecule has 6 heteroatoms. The second kappa shape index (κ2) is 5.79. The Morgan fingerprint density at radius 1 is 1.21 bits per heavy atom. The molecule has 0 amide bonds. The second-order valence-electron chi connectivity index (χ2n) is 3.68. The number of carboxylic acids is 1. The van der Waals surface area contributed by atoms with E-state index in [1.807, 2.05) is 0 Å². The first-order chi connectivity index (χ1) is 9.08. The number of hydrogen-bond acceptors (Lipinski definition) is 3. The lowest BCUT2D eigenvalue weighted by molar-refractivity contribution is 0.0696. The molecule has 98 valence electrons. The quantitative estimate of drug-likeness (QED) is 0.873. The van der Waals surface area contributed by atoms with Gasteiger partial charge in [0, 0.05) is 17.5 Å². The molecule has 0 unspecified atom stereocenters. The summed E-state index contributed by atoms with van der Waals surface area (Å²) in [5.41, 5.74) is 0.0537. The molecule has 0 aliphatic heterocycles. The third-order valence-corrected chi connectivity index (χ3v) is 3.38. The Labute approximate surface area is 112 Å². The van der Waals surface area contributed by atoms with Crippen LogP contribution in [0.25, 0.3) is 0 Å². The van der Waals surface area contributed by atoms with Gasteiger partial charge in [-0.3, -0.25) is 0 Å². The number of halogens is 2. The number of thioether (sulfide) groups is 1. The molecule has 0 atom stereocenters. The number of pyridine rings is 1. The molecule has 0 radical (unpaired) electrons. The molecule has 1 heterocycles. The van der Waals surface area contributed by atoms with E-state index in [4.69, 9.17) is 5.11 Å². The highest BCUT2D eigenvalue weighted by Gasteiger charge is 2.09. The summed E-state index contributed by atoms with van der Waals surface area (Å²) in [7, 11) is 0. The Balaban J connectivity index is 2.08. The molecule has 0 saturated heterocycles. The van der Waals surface area contributed by atoms with Crippen molar-refractivity contribution < 1.29 is 18.7 Å². The fraction of sp³-hybridized carbons (Fsp3) is 0.0769. The zero-order valence-corrected chi connectivity index (χ0v) is 10.5. The zero-order chi connectivity index (χ0) is 13.8. The Morgan fingerprint density at radius 3 is 2.42 bits per heavy atom. The molecule has 0 bridgehead atoms. The summed E-state index contributed by atoms with van der Waals surface area (Å²) in [5.74, 6) is -2.17. The number of carboxylic acid groups (broad SMARTS) is 1. The molecule has 0 spiro atoms. The molecular formula is C13H9F2NO2S. The SMILES string of the molecule is O=C(O)c1ccc(SCc2c(F)cccc2F)nc1. The van der Waals surface area contributed by atoms with E-state index in [1.165, 1.54) is 36.5 Å². The highest BCUT2D eigenvalue weighted by atomic mass is 32.2. The molecule has 3 nitrogen and oxygen atoms in total. The summed E-state index contributed by atoms with van der Waals surface area (Å²) in [5, 5.41) is 9.22. The molecule has 0 aliphatic carbocycles. The summed E-state index contributed by atoms with van der Waals surface area (Å²) in [6, 6.07) is 6.60. The van der Waals surface area contributed by atoms with Crippen LogP contribution in [0.5, 0.6) is 0 Å². The lowest BCUT2D eigenvalue weighted by Crippen LogP contribution is -1.97. The van der Waals surface area contributed by atoms with Gasteiger partial charge in [0.25, 0.3) is 0 Å². The van der Waals surface area contributed by atoms with Crippen molar-refractivity contribution in [2.75, 3.05) is 0 Å². The van der Waals surface area contributed by atoms with Crippen molar-refractivity contribution in [2.24, 2.45) is 0 Å². The van der Waals surface area contributed by atoms with Crippen LogP contribution in [0.15, 0.2) is 41.6 Å². The van der Waals surface area contributed by atoms with Crippen molar-refractivity contribution >= 4 is 17.7 Å². The maximum absolute atomic E-state index is 13.4. The van der Waals surface area contributed by atoms with Gasteiger partial charge in [-0.2, -0.15) is 0 Å². The largest absolute Gasteiger partial charge is 0.478 e. The highest BCUT2D eigenvalue weighted by molar-refractivity contribution is 7.98. The predicted octanol–water partition coefficient (Wildman–Crippen LogP) is 3.35. The smallest absolute Gasteiger partial charge is 0.337 e. The van der Waals surface area contributed by atoms with Crippen molar-refractivity contribution in [1.29, 1.82) is 0 Å². The molecule has 1 aromatic carbocycles. The maximum atomic E-state index is 13.4.